The van der Waals surface area contributed by atoms with Gasteiger partial charge in [-0.15, -0.1) is 0 Å². The van der Waals surface area contributed by atoms with E-state index < -0.39 is 0 Å². The minimum atomic E-state index is 0.441. The molecule has 25 heavy (non-hydrogen) atoms. The first-order valence-electron chi connectivity index (χ1n) is 11.6. The van der Waals surface area contributed by atoms with Crippen molar-refractivity contribution in [3.63, 3.8) is 0 Å². The number of hydrogen-bond acceptors (Lipinski definition) is 0. The number of rotatable bonds is 11. The smallest absolute Gasteiger partial charge is 0.0354 e. The molecule has 0 spiro atoms. The van der Waals surface area contributed by atoms with Gasteiger partial charge in [0.05, 0.1) is 0 Å². The minimum absolute atomic E-state index is 0.441. The Hall–Kier alpha value is 0. The van der Waals surface area contributed by atoms with Crippen LogP contribution in [0.2, 0.25) is 0 Å². The highest BCUT2D eigenvalue weighted by Crippen LogP contribution is 2.50. The van der Waals surface area contributed by atoms with E-state index >= 15 is 0 Å². The van der Waals surface area contributed by atoms with Crippen LogP contribution in [0.5, 0.6) is 0 Å². The Balaban J connectivity index is 2.84. The molecule has 0 bridgehead atoms. The Morgan fingerprint density at radius 3 is 2.04 bits per heavy atom. The van der Waals surface area contributed by atoms with Gasteiger partial charge in [0.25, 0.3) is 0 Å². The van der Waals surface area contributed by atoms with Gasteiger partial charge in [0.15, 0.2) is 0 Å². The predicted octanol–water partition coefficient (Wildman–Crippen LogP) is 8.60. The van der Waals surface area contributed by atoms with Crippen molar-refractivity contribution in [1.29, 1.82) is 0 Å². The summed E-state index contributed by atoms with van der Waals surface area (Å²) in [6.07, 6.45) is 11.5. The molecule has 0 heteroatoms. The molecule has 0 amide bonds. The van der Waals surface area contributed by atoms with Crippen LogP contribution < -0.4 is 0 Å². The molecule has 150 valence electrons. The summed E-state index contributed by atoms with van der Waals surface area (Å²) in [4.78, 5) is 0. The van der Waals surface area contributed by atoms with E-state index in [1.807, 2.05) is 0 Å². The monoisotopic (exact) mass is 350 g/mol. The van der Waals surface area contributed by atoms with Gasteiger partial charge in [0.1, 0.15) is 0 Å². The van der Waals surface area contributed by atoms with Crippen molar-refractivity contribution < 1.29 is 0 Å². The Morgan fingerprint density at radius 1 is 0.960 bits per heavy atom. The molecule has 1 aliphatic carbocycles. The molecule has 0 aliphatic heterocycles. The second-order valence-corrected chi connectivity index (χ2v) is 10.9. The summed E-state index contributed by atoms with van der Waals surface area (Å²) >= 11 is 0. The van der Waals surface area contributed by atoms with E-state index in [0.717, 1.165) is 41.4 Å². The molecule has 1 saturated carbocycles. The summed E-state index contributed by atoms with van der Waals surface area (Å²) in [6, 6.07) is 0. The van der Waals surface area contributed by atoms with Crippen LogP contribution in [0.1, 0.15) is 114 Å². The van der Waals surface area contributed by atoms with Crippen LogP contribution in [-0.2, 0) is 0 Å². The van der Waals surface area contributed by atoms with Gasteiger partial charge in [-0.2, -0.15) is 0 Å². The van der Waals surface area contributed by atoms with Crippen molar-refractivity contribution in [3.8, 4) is 0 Å². The lowest BCUT2D eigenvalue weighted by Gasteiger charge is -2.48. The lowest BCUT2D eigenvalue weighted by atomic mass is 9.57. The van der Waals surface area contributed by atoms with E-state index in [2.05, 4.69) is 62.3 Å². The first-order valence-corrected chi connectivity index (χ1v) is 11.6. The van der Waals surface area contributed by atoms with Gasteiger partial charge in [0, 0.05) is 0 Å². The maximum atomic E-state index is 2.55. The van der Waals surface area contributed by atoms with Crippen LogP contribution >= 0.6 is 0 Å². The summed E-state index contributed by atoms with van der Waals surface area (Å²) in [7, 11) is 0. The Kier molecular flexibility index (Phi) is 9.55. The van der Waals surface area contributed by atoms with E-state index in [1.165, 1.54) is 51.4 Å². The van der Waals surface area contributed by atoms with Gasteiger partial charge in [-0.05, 0) is 66.1 Å². The Bertz CT molecular complexity index is 350. The highest BCUT2D eigenvalue weighted by atomic mass is 14.5. The van der Waals surface area contributed by atoms with Gasteiger partial charge in [-0.3, -0.25) is 0 Å². The van der Waals surface area contributed by atoms with Crippen LogP contribution in [0.15, 0.2) is 0 Å². The minimum Gasteiger partial charge on any atom is -0.0654 e. The average Bonchev–Trinajstić information content (AvgIpc) is 2.56. The summed E-state index contributed by atoms with van der Waals surface area (Å²) < 4.78 is 0. The van der Waals surface area contributed by atoms with Crippen molar-refractivity contribution in [1.82, 2.24) is 0 Å². The third-order valence-electron chi connectivity index (χ3n) is 8.08. The highest BCUT2D eigenvalue weighted by molar-refractivity contribution is 4.91. The van der Waals surface area contributed by atoms with E-state index in [0.29, 0.717) is 5.41 Å². The SMILES string of the molecule is CCCCCC(CC(CC(C)CC)C1CC(C)C1C)C(C)C(C)(C)C. The molecule has 0 aromatic heterocycles. The Labute approximate surface area is 160 Å². The Morgan fingerprint density at radius 2 is 1.60 bits per heavy atom. The summed E-state index contributed by atoms with van der Waals surface area (Å²) in [5.41, 5.74) is 0.441. The fourth-order valence-corrected chi connectivity index (χ4v) is 5.16. The molecule has 0 heterocycles. The normalized spacial score (nSPS) is 28.9. The van der Waals surface area contributed by atoms with Crippen molar-refractivity contribution in [2.75, 3.05) is 0 Å². The third-order valence-corrected chi connectivity index (χ3v) is 8.08. The van der Waals surface area contributed by atoms with E-state index in [9.17, 15) is 0 Å². The molecule has 0 N–H and O–H groups in total. The molecule has 1 fully saturated rings. The zero-order valence-electron chi connectivity index (χ0n) is 19.2. The van der Waals surface area contributed by atoms with Crippen molar-refractivity contribution in [2.45, 2.75) is 114 Å². The van der Waals surface area contributed by atoms with Gasteiger partial charge in [-0.25, -0.2) is 0 Å². The predicted molar refractivity (Wildman–Crippen MR) is 115 cm³/mol. The first-order chi connectivity index (χ1) is 11.6. The molecule has 0 aromatic rings. The van der Waals surface area contributed by atoms with E-state index in [1.54, 1.807) is 0 Å². The lowest BCUT2D eigenvalue weighted by Crippen LogP contribution is -2.40. The molecule has 0 radical (unpaired) electrons. The van der Waals surface area contributed by atoms with Crippen LogP contribution in [0.4, 0.5) is 0 Å². The first kappa shape index (κ1) is 23.0. The zero-order chi connectivity index (χ0) is 19.2. The van der Waals surface area contributed by atoms with Gasteiger partial charge < -0.3 is 0 Å². The molecule has 1 aliphatic rings. The molecule has 7 atom stereocenters. The second kappa shape index (κ2) is 10.4. The fraction of sp³-hybridized carbons (Fsp3) is 1.00. The van der Waals surface area contributed by atoms with Gasteiger partial charge in [-0.1, -0.05) is 94.4 Å². The largest absolute Gasteiger partial charge is 0.0654 e. The summed E-state index contributed by atoms with van der Waals surface area (Å²) in [5, 5.41) is 0. The molecular weight excluding hydrogens is 300 g/mol. The lowest BCUT2D eigenvalue weighted by molar-refractivity contribution is 0.0139. The van der Waals surface area contributed by atoms with Crippen LogP contribution in [-0.4, -0.2) is 0 Å². The van der Waals surface area contributed by atoms with Gasteiger partial charge >= 0.3 is 0 Å². The van der Waals surface area contributed by atoms with Crippen LogP contribution in [0.25, 0.3) is 0 Å². The van der Waals surface area contributed by atoms with E-state index in [-0.39, 0.29) is 0 Å². The zero-order valence-corrected chi connectivity index (χ0v) is 19.2. The van der Waals surface area contributed by atoms with Crippen molar-refractivity contribution in [3.05, 3.63) is 0 Å². The molecule has 0 saturated heterocycles. The number of unbranched alkanes of at least 4 members (excludes halogenated alkanes) is 2. The second-order valence-electron chi connectivity index (χ2n) is 10.9. The molecule has 0 aromatic carbocycles. The highest BCUT2D eigenvalue weighted by Gasteiger charge is 2.41. The average molecular weight is 351 g/mol. The molecule has 0 nitrogen and oxygen atoms in total. The van der Waals surface area contributed by atoms with Gasteiger partial charge in [0.2, 0.25) is 0 Å². The third kappa shape index (κ3) is 6.91. The quantitative estimate of drug-likeness (QED) is 0.327. The molecule has 7 unspecified atom stereocenters. The van der Waals surface area contributed by atoms with Crippen LogP contribution in [0.3, 0.4) is 0 Å². The molecule has 1 rings (SSSR count). The summed E-state index contributed by atoms with van der Waals surface area (Å²) in [5.74, 6) is 6.54. The van der Waals surface area contributed by atoms with Crippen molar-refractivity contribution in [2.24, 2.45) is 46.8 Å². The fourth-order valence-electron chi connectivity index (χ4n) is 5.16. The van der Waals surface area contributed by atoms with Crippen molar-refractivity contribution >= 4 is 0 Å². The summed E-state index contributed by atoms with van der Waals surface area (Å²) in [6.45, 7) is 22.1. The maximum absolute atomic E-state index is 2.55. The standard InChI is InChI=1S/C25H50/c1-10-12-13-14-22(21(6)25(7,8)9)17-23(15-18(3)11-2)24-16-19(4)20(24)5/h18-24H,10-17H2,1-9H3. The topological polar surface area (TPSA) is 0 Å². The van der Waals surface area contributed by atoms with E-state index in [4.69, 9.17) is 0 Å². The molecular formula is C25H50. The van der Waals surface area contributed by atoms with Crippen LogP contribution in [0, 0.1) is 46.8 Å². The number of hydrogen-bond donors (Lipinski definition) is 0. The maximum Gasteiger partial charge on any atom is -0.0354 e.